The lowest BCUT2D eigenvalue weighted by atomic mass is 10.0. The molecule has 1 heterocycles. The van der Waals surface area contributed by atoms with Crippen LogP contribution in [0.2, 0.25) is 0 Å². The number of aryl methyl sites for hydroxylation is 1. The molecule has 3 aromatic rings. The Labute approximate surface area is 162 Å². The average Bonchev–Trinajstić information content (AvgIpc) is 3.10. The minimum absolute atomic E-state index is 0.177. The van der Waals surface area contributed by atoms with E-state index in [4.69, 9.17) is 4.74 Å². The Hall–Kier alpha value is -2.99. The highest BCUT2D eigenvalue weighted by Gasteiger charge is 2.07. The van der Waals surface area contributed by atoms with Crippen molar-refractivity contribution in [2.75, 3.05) is 12.0 Å². The van der Waals surface area contributed by atoms with Gasteiger partial charge in [0.1, 0.15) is 0 Å². The Morgan fingerprint density at radius 3 is 2.48 bits per heavy atom. The van der Waals surface area contributed by atoms with Crippen molar-refractivity contribution in [2.45, 2.75) is 20.3 Å². The van der Waals surface area contributed by atoms with Crippen LogP contribution in [-0.4, -0.2) is 23.8 Å². The van der Waals surface area contributed by atoms with Crippen LogP contribution >= 0.6 is 11.3 Å². The van der Waals surface area contributed by atoms with Crippen molar-refractivity contribution < 1.29 is 9.53 Å². The number of aromatic nitrogens is 1. The van der Waals surface area contributed by atoms with Crippen LogP contribution in [0.5, 0.6) is 0 Å². The van der Waals surface area contributed by atoms with Crippen molar-refractivity contribution >= 4 is 28.7 Å². The lowest BCUT2D eigenvalue weighted by Crippen LogP contribution is -2.07. The normalized spacial score (nSPS) is 10.9. The van der Waals surface area contributed by atoms with Crippen LogP contribution in [-0.2, 0) is 16.0 Å². The van der Waals surface area contributed by atoms with Gasteiger partial charge in [-0.25, -0.2) is 4.98 Å². The second-order valence-corrected chi connectivity index (χ2v) is 6.84. The molecule has 0 saturated heterocycles. The number of thiazole rings is 1. The molecule has 0 bridgehead atoms. The van der Waals surface area contributed by atoms with Gasteiger partial charge in [-0.1, -0.05) is 54.1 Å². The predicted molar refractivity (Wildman–Crippen MR) is 110 cm³/mol. The van der Waals surface area contributed by atoms with Crippen molar-refractivity contribution in [1.29, 1.82) is 0 Å². The van der Waals surface area contributed by atoms with E-state index >= 15 is 0 Å². The molecule has 6 heteroatoms. The number of carbonyl (C=O) groups excluding carboxylic acids is 1. The number of benzene rings is 2. The molecule has 2 aromatic carbocycles. The average molecular weight is 379 g/mol. The number of carbonyl (C=O) groups is 1. The van der Waals surface area contributed by atoms with Gasteiger partial charge < -0.3 is 4.74 Å². The number of hydrogen-bond donors (Lipinski definition) is 1. The van der Waals surface area contributed by atoms with E-state index in [0.29, 0.717) is 17.4 Å². The monoisotopic (exact) mass is 379 g/mol. The lowest BCUT2D eigenvalue weighted by Gasteiger charge is -2.03. The molecule has 0 fully saturated rings. The van der Waals surface area contributed by atoms with Gasteiger partial charge in [-0.15, -0.1) is 11.3 Å². The summed E-state index contributed by atoms with van der Waals surface area (Å²) < 4.78 is 4.92. The Morgan fingerprint density at radius 2 is 1.81 bits per heavy atom. The third kappa shape index (κ3) is 5.49. The van der Waals surface area contributed by atoms with Crippen molar-refractivity contribution in [3.63, 3.8) is 0 Å². The van der Waals surface area contributed by atoms with Crippen LogP contribution < -0.4 is 5.43 Å². The van der Waals surface area contributed by atoms with Crippen LogP contribution in [0.4, 0.5) is 5.13 Å². The molecule has 27 heavy (non-hydrogen) atoms. The fourth-order valence-corrected chi connectivity index (χ4v) is 3.13. The summed E-state index contributed by atoms with van der Waals surface area (Å²) in [6.45, 7) is 4.24. The molecular weight excluding hydrogens is 358 g/mol. The molecule has 0 aliphatic carbocycles. The molecule has 0 aliphatic rings. The van der Waals surface area contributed by atoms with E-state index in [-0.39, 0.29) is 12.4 Å². The number of rotatable bonds is 7. The Balaban J connectivity index is 1.56. The minimum atomic E-state index is -0.272. The van der Waals surface area contributed by atoms with E-state index in [2.05, 4.69) is 58.8 Å². The van der Waals surface area contributed by atoms with Crippen molar-refractivity contribution in [3.05, 3.63) is 70.7 Å². The van der Waals surface area contributed by atoms with Crippen LogP contribution in [0.1, 0.15) is 23.7 Å². The maximum Gasteiger partial charge on any atom is 0.311 e. The number of nitrogens with one attached hydrogen (secondary N) is 1. The number of ether oxygens (including phenoxy) is 1. The molecule has 0 radical (unpaired) electrons. The highest BCUT2D eigenvalue weighted by atomic mass is 32.1. The minimum Gasteiger partial charge on any atom is -0.466 e. The summed E-state index contributed by atoms with van der Waals surface area (Å²) in [7, 11) is 0. The summed E-state index contributed by atoms with van der Waals surface area (Å²) in [5, 5.41) is 6.68. The van der Waals surface area contributed by atoms with Gasteiger partial charge in [-0.2, -0.15) is 5.10 Å². The zero-order chi connectivity index (χ0) is 19.1. The molecule has 0 amide bonds. The second-order valence-electron chi connectivity index (χ2n) is 5.98. The van der Waals surface area contributed by atoms with E-state index in [1.54, 1.807) is 13.1 Å². The fraction of sp³-hybridized carbons (Fsp3) is 0.190. The van der Waals surface area contributed by atoms with Crippen molar-refractivity contribution in [1.82, 2.24) is 4.98 Å². The molecule has 1 N–H and O–H groups in total. The third-order valence-corrected chi connectivity index (χ3v) is 4.65. The van der Waals surface area contributed by atoms with E-state index in [0.717, 1.165) is 5.56 Å². The quantitative estimate of drug-likeness (QED) is 0.368. The van der Waals surface area contributed by atoms with E-state index in [9.17, 15) is 4.79 Å². The molecule has 1 aromatic heterocycles. The van der Waals surface area contributed by atoms with Crippen LogP contribution in [0, 0.1) is 6.92 Å². The van der Waals surface area contributed by atoms with Crippen LogP contribution in [0.3, 0.4) is 0 Å². The molecular formula is C21H21N3O2S. The van der Waals surface area contributed by atoms with Gasteiger partial charge in [0.05, 0.1) is 24.9 Å². The molecule has 0 unspecified atom stereocenters. The topological polar surface area (TPSA) is 63.6 Å². The van der Waals surface area contributed by atoms with Crippen molar-refractivity contribution in [2.24, 2.45) is 5.10 Å². The summed E-state index contributed by atoms with van der Waals surface area (Å²) in [6, 6.07) is 16.7. The van der Waals surface area contributed by atoms with E-state index < -0.39 is 0 Å². The van der Waals surface area contributed by atoms with E-state index in [1.807, 2.05) is 17.5 Å². The predicted octanol–water partition coefficient (Wildman–Crippen LogP) is 4.67. The van der Waals surface area contributed by atoms with E-state index in [1.165, 1.54) is 28.0 Å². The van der Waals surface area contributed by atoms with Gasteiger partial charge in [-0.3, -0.25) is 10.2 Å². The first-order valence-corrected chi connectivity index (χ1v) is 9.58. The summed E-state index contributed by atoms with van der Waals surface area (Å²) in [5.41, 5.74) is 8.18. The number of nitrogens with zero attached hydrogens (tertiary/aromatic N) is 2. The lowest BCUT2D eigenvalue weighted by molar-refractivity contribution is -0.142. The highest BCUT2D eigenvalue weighted by Crippen LogP contribution is 2.20. The molecule has 3 rings (SSSR count). The Morgan fingerprint density at radius 1 is 1.15 bits per heavy atom. The molecule has 0 aliphatic heterocycles. The first-order valence-electron chi connectivity index (χ1n) is 8.70. The van der Waals surface area contributed by atoms with Gasteiger partial charge in [0.15, 0.2) is 0 Å². The molecule has 5 nitrogen and oxygen atoms in total. The van der Waals surface area contributed by atoms with Crippen LogP contribution in [0.25, 0.3) is 11.1 Å². The maximum atomic E-state index is 11.5. The Bertz CT molecular complexity index is 915. The number of hydrogen-bond acceptors (Lipinski definition) is 6. The van der Waals surface area contributed by atoms with Crippen molar-refractivity contribution in [3.8, 4) is 11.1 Å². The molecule has 0 spiro atoms. The zero-order valence-electron chi connectivity index (χ0n) is 15.3. The molecule has 0 atom stereocenters. The number of hydrazone groups is 1. The third-order valence-electron chi connectivity index (χ3n) is 3.85. The SMILES string of the molecule is CCOC(=O)Cc1csc(NN=Cc2ccc(-c3ccc(C)cc3)cc2)n1. The summed E-state index contributed by atoms with van der Waals surface area (Å²) >= 11 is 1.40. The maximum absolute atomic E-state index is 11.5. The standard InChI is InChI=1S/C21H21N3O2S/c1-3-26-20(25)12-19-14-27-21(23-19)24-22-13-16-6-10-18(11-7-16)17-8-4-15(2)5-9-17/h4-11,13-14H,3,12H2,1-2H3,(H,23,24). The molecule has 138 valence electrons. The number of anilines is 1. The summed E-state index contributed by atoms with van der Waals surface area (Å²) in [5.74, 6) is -0.272. The van der Waals surface area contributed by atoms with Gasteiger partial charge in [0.25, 0.3) is 0 Å². The fourth-order valence-electron chi connectivity index (χ4n) is 2.47. The molecule has 0 saturated carbocycles. The highest BCUT2D eigenvalue weighted by molar-refractivity contribution is 7.13. The first-order chi connectivity index (χ1) is 13.1. The summed E-state index contributed by atoms with van der Waals surface area (Å²) in [6.07, 6.45) is 1.92. The zero-order valence-corrected chi connectivity index (χ0v) is 16.1. The number of esters is 1. The van der Waals surface area contributed by atoms with Gasteiger partial charge in [-0.05, 0) is 30.5 Å². The Kier molecular flexibility index (Phi) is 6.33. The van der Waals surface area contributed by atoms with Gasteiger partial charge >= 0.3 is 5.97 Å². The summed E-state index contributed by atoms with van der Waals surface area (Å²) in [4.78, 5) is 15.8. The first kappa shape index (κ1) is 18.8. The van der Waals surface area contributed by atoms with Gasteiger partial charge in [0.2, 0.25) is 5.13 Å². The van der Waals surface area contributed by atoms with Gasteiger partial charge in [0, 0.05) is 5.38 Å². The second kappa shape index (κ2) is 9.09. The van der Waals surface area contributed by atoms with Crippen LogP contribution in [0.15, 0.2) is 59.0 Å². The smallest absolute Gasteiger partial charge is 0.311 e. The largest absolute Gasteiger partial charge is 0.466 e.